The molecule has 0 spiro atoms. The Morgan fingerprint density at radius 1 is 1.09 bits per heavy atom. The lowest BCUT2D eigenvalue weighted by Gasteiger charge is -2.43. The van der Waals surface area contributed by atoms with Gasteiger partial charge in [0.15, 0.2) is 0 Å². The molecular formula is C20H40O3. The number of methoxy groups -OCH3 is 1. The van der Waals surface area contributed by atoms with Gasteiger partial charge in [0.05, 0.1) is 13.2 Å². The van der Waals surface area contributed by atoms with Crippen LogP contribution in [0.5, 0.6) is 0 Å². The standard InChI is InChI=1S/C20H40O3/c1-10-15(11-12-17(21)23-9)13-16(20(6,7)8)18(22)14(2)19(3,4)5/h14-16,18,22H,10-13H2,1-9H3. The molecule has 0 heterocycles. The largest absolute Gasteiger partial charge is 0.469 e. The van der Waals surface area contributed by atoms with E-state index in [1.165, 1.54) is 7.11 Å². The molecule has 3 heteroatoms. The lowest BCUT2D eigenvalue weighted by atomic mass is 9.65. The topological polar surface area (TPSA) is 46.5 Å². The van der Waals surface area contributed by atoms with Crippen molar-refractivity contribution in [3.05, 3.63) is 0 Å². The van der Waals surface area contributed by atoms with Crippen molar-refractivity contribution >= 4 is 5.97 Å². The van der Waals surface area contributed by atoms with Crippen LogP contribution in [0.3, 0.4) is 0 Å². The molecule has 0 rings (SSSR count). The van der Waals surface area contributed by atoms with Crippen LogP contribution in [0.15, 0.2) is 0 Å². The fourth-order valence-electron chi connectivity index (χ4n) is 3.14. The molecule has 0 aliphatic heterocycles. The molecule has 1 N–H and O–H groups in total. The van der Waals surface area contributed by atoms with Crippen molar-refractivity contribution in [2.45, 2.75) is 87.2 Å². The molecule has 0 aromatic rings. The van der Waals surface area contributed by atoms with Gasteiger partial charge in [-0.15, -0.1) is 0 Å². The Hall–Kier alpha value is -0.570. The third-order valence-corrected chi connectivity index (χ3v) is 5.55. The van der Waals surface area contributed by atoms with Crippen LogP contribution in [-0.2, 0) is 9.53 Å². The van der Waals surface area contributed by atoms with Crippen molar-refractivity contribution < 1.29 is 14.6 Å². The smallest absolute Gasteiger partial charge is 0.305 e. The van der Waals surface area contributed by atoms with E-state index in [9.17, 15) is 9.90 Å². The first kappa shape index (κ1) is 22.4. The predicted octanol–water partition coefficient (Wildman–Crippen LogP) is 5.06. The molecule has 0 saturated heterocycles. The SMILES string of the molecule is CCC(CCC(=O)OC)CC(C(O)C(C)C(C)(C)C)C(C)(C)C. The Bertz CT molecular complexity index is 349. The number of hydrogen-bond donors (Lipinski definition) is 1. The second-order valence-corrected chi connectivity index (χ2v) is 9.24. The van der Waals surface area contributed by atoms with E-state index < -0.39 is 0 Å². The first-order valence-corrected chi connectivity index (χ1v) is 9.09. The second kappa shape index (κ2) is 9.05. The number of aliphatic hydroxyl groups excluding tert-OH is 1. The van der Waals surface area contributed by atoms with Crippen LogP contribution < -0.4 is 0 Å². The molecule has 0 saturated carbocycles. The summed E-state index contributed by atoms with van der Waals surface area (Å²) < 4.78 is 4.76. The number of rotatable bonds is 8. The summed E-state index contributed by atoms with van der Waals surface area (Å²) in [5, 5.41) is 11.0. The van der Waals surface area contributed by atoms with Crippen LogP contribution in [0.4, 0.5) is 0 Å². The summed E-state index contributed by atoms with van der Waals surface area (Å²) >= 11 is 0. The van der Waals surface area contributed by atoms with Gasteiger partial charge >= 0.3 is 5.97 Å². The van der Waals surface area contributed by atoms with Crippen molar-refractivity contribution in [3.63, 3.8) is 0 Å². The van der Waals surface area contributed by atoms with Crippen molar-refractivity contribution in [1.29, 1.82) is 0 Å². The highest BCUT2D eigenvalue weighted by Gasteiger charge is 2.39. The maximum atomic E-state index is 11.4. The van der Waals surface area contributed by atoms with E-state index in [4.69, 9.17) is 4.74 Å². The molecule has 0 radical (unpaired) electrons. The second-order valence-electron chi connectivity index (χ2n) is 9.24. The molecule has 4 atom stereocenters. The summed E-state index contributed by atoms with van der Waals surface area (Å²) in [4.78, 5) is 11.4. The van der Waals surface area contributed by atoms with E-state index in [1.54, 1.807) is 0 Å². The van der Waals surface area contributed by atoms with Crippen molar-refractivity contribution in [3.8, 4) is 0 Å². The van der Waals surface area contributed by atoms with Crippen molar-refractivity contribution in [1.82, 2.24) is 0 Å². The third-order valence-electron chi connectivity index (χ3n) is 5.55. The van der Waals surface area contributed by atoms with E-state index in [1.807, 2.05) is 0 Å². The van der Waals surface area contributed by atoms with Crippen molar-refractivity contribution in [2.75, 3.05) is 7.11 Å². The summed E-state index contributed by atoms with van der Waals surface area (Å²) in [6.07, 6.45) is 2.96. The van der Waals surface area contributed by atoms with Gasteiger partial charge in [-0.1, -0.05) is 61.8 Å². The number of ether oxygens (including phenoxy) is 1. The van der Waals surface area contributed by atoms with E-state index in [0.717, 1.165) is 19.3 Å². The van der Waals surface area contributed by atoms with Gasteiger partial charge in [0.25, 0.3) is 0 Å². The Morgan fingerprint density at radius 2 is 1.61 bits per heavy atom. The normalized spacial score (nSPS) is 18.2. The Balaban J connectivity index is 5.07. The highest BCUT2D eigenvalue weighted by molar-refractivity contribution is 5.69. The van der Waals surface area contributed by atoms with Gasteiger partial charge in [0, 0.05) is 6.42 Å². The molecule has 0 aromatic heterocycles. The van der Waals surface area contributed by atoms with Gasteiger partial charge < -0.3 is 9.84 Å². The van der Waals surface area contributed by atoms with E-state index >= 15 is 0 Å². The molecule has 0 amide bonds. The van der Waals surface area contributed by atoms with Crippen LogP contribution >= 0.6 is 0 Å². The first-order chi connectivity index (χ1) is 10.3. The molecule has 0 aromatic carbocycles. The maximum absolute atomic E-state index is 11.4. The molecule has 138 valence electrons. The van der Waals surface area contributed by atoms with Crippen molar-refractivity contribution in [2.24, 2.45) is 28.6 Å². The molecule has 4 unspecified atom stereocenters. The molecule has 23 heavy (non-hydrogen) atoms. The summed E-state index contributed by atoms with van der Waals surface area (Å²) in [5.41, 5.74) is 0.119. The third kappa shape index (κ3) is 7.69. The minimum Gasteiger partial charge on any atom is -0.469 e. The van der Waals surface area contributed by atoms with Crippen LogP contribution in [0.2, 0.25) is 0 Å². The number of carbonyl (C=O) groups excluding carboxylic acids is 1. The minimum absolute atomic E-state index is 0.0393. The quantitative estimate of drug-likeness (QED) is 0.633. The van der Waals surface area contributed by atoms with Gasteiger partial charge in [0.1, 0.15) is 0 Å². The van der Waals surface area contributed by atoms with Gasteiger partial charge in [-0.2, -0.15) is 0 Å². The minimum atomic E-state index is -0.331. The molecular weight excluding hydrogens is 288 g/mol. The zero-order valence-electron chi connectivity index (χ0n) is 16.9. The van der Waals surface area contributed by atoms with E-state index in [2.05, 4.69) is 55.4 Å². The summed E-state index contributed by atoms with van der Waals surface area (Å²) in [7, 11) is 1.44. The number of carbonyl (C=O) groups is 1. The van der Waals surface area contributed by atoms with E-state index in [-0.39, 0.29) is 34.7 Å². The van der Waals surface area contributed by atoms with Crippen LogP contribution in [-0.4, -0.2) is 24.3 Å². The van der Waals surface area contributed by atoms with Gasteiger partial charge in [-0.25, -0.2) is 0 Å². The molecule has 0 fully saturated rings. The molecule has 3 nitrogen and oxygen atoms in total. The molecule has 0 bridgehead atoms. The average Bonchev–Trinajstić information content (AvgIpc) is 2.43. The van der Waals surface area contributed by atoms with Crippen LogP contribution in [0.1, 0.15) is 81.1 Å². The summed E-state index contributed by atoms with van der Waals surface area (Å²) in [6, 6.07) is 0. The maximum Gasteiger partial charge on any atom is 0.305 e. The average molecular weight is 329 g/mol. The fraction of sp³-hybridized carbons (Fsp3) is 0.950. The van der Waals surface area contributed by atoms with Crippen LogP contribution in [0.25, 0.3) is 0 Å². The Labute approximate surface area is 144 Å². The molecule has 0 aliphatic carbocycles. The Morgan fingerprint density at radius 3 is 1.96 bits per heavy atom. The predicted molar refractivity (Wildman–Crippen MR) is 97.2 cm³/mol. The fourth-order valence-corrected chi connectivity index (χ4v) is 3.14. The lowest BCUT2D eigenvalue weighted by molar-refractivity contribution is -0.141. The van der Waals surface area contributed by atoms with Gasteiger partial charge in [-0.3, -0.25) is 4.79 Å². The first-order valence-electron chi connectivity index (χ1n) is 9.09. The number of aliphatic hydroxyl groups is 1. The van der Waals surface area contributed by atoms with Gasteiger partial charge in [-0.05, 0) is 41.4 Å². The number of esters is 1. The lowest BCUT2D eigenvalue weighted by Crippen LogP contribution is -2.42. The van der Waals surface area contributed by atoms with E-state index in [0.29, 0.717) is 12.3 Å². The zero-order chi connectivity index (χ0) is 18.4. The monoisotopic (exact) mass is 328 g/mol. The zero-order valence-corrected chi connectivity index (χ0v) is 16.9. The Kier molecular flexibility index (Phi) is 8.83. The summed E-state index contributed by atoms with van der Waals surface area (Å²) in [6.45, 7) is 17.5. The summed E-state index contributed by atoms with van der Waals surface area (Å²) in [5.74, 6) is 0.753. The van der Waals surface area contributed by atoms with Gasteiger partial charge in [0.2, 0.25) is 0 Å². The molecule has 0 aliphatic rings. The number of hydrogen-bond acceptors (Lipinski definition) is 3. The highest BCUT2D eigenvalue weighted by atomic mass is 16.5. The highest BCUT2D eigenvalue weighted by Crippen LogP contribution is 2.42. The van der Waals surface area contributed by atoms with Crippen LogP contribution in [0, 0.1) is 28.6 Å².